The molecule has 0 radical (unpaired) electrons. The molecule has 0 bridgehead atoms. The van der Waals surface area contributed by atoms with E-state index in [1.165, 1.54) is 0 Å². The molecule has 124 valence electrons. The molecule has 1 unspecified atom stereocenters. The SMILES string of the molecule is CC(=O)N1C=Cc2ccccc2C1CC(=O)N(C(C)C)C(C)C. The molecule has 0 saturated carbocycles. The van der Waals surface area contributed by atoms with Crippen LogP contribution in [-0.2, 0) is 9.59 Å². The summed E-state index contributed by atoms with van der Waals surface area (Å²) in [6.07, 6.45) is 4.02. The van der Waals surface area contributed by atoms with E-state index in [0.29, 0.717) is 6.42 Å². The van der Waals surface area contributed by atoms with Crippen molar-refractivity contribution in [2.24, 2.45) is 0 Å². The topological polar surface area (TPSA) is 40.6 Å². The van der Waals surface area contributed by atoms with Crippen LogP contribution in [-0.4, -0.2) is 33.7 Å². The van der Waals surface area contributed by atoms with Crippen molar-refractivity contribution in [1.29, 1.82) is 0 Å². The average molecular weight is 314 g/mol. The van der Waals surface area contributed by atoms with Crippen molar-refractivity contribution in [2.75, 3.05) is 0 Å². The van der Waals surface area contributed by atoms with Gasteiger partial charge < -0.3 is 9.80 Å². The first-order valence-electron chi connectivity index (χ1n) is 8.20. The Bertz CT molecular complexity index is 612. The standard InChI is InChI=1S/C19H26N2O2/c1-13(2)21(14(3)4)19(23)12-18-17-9-7-6-8-16(17)10-11-20(18)15(5)22/h6-11,13-14,18H,12H2,1-5H3. The Morgan fingerprint density at radius 3 is 2.30 bits per heavy atom. The smallest absolute Gasteiger partial charge is 0.225 e. The quantitative estimate of drug-likeness (QED) is 0.852. The minimum atomic E-state index is -0.235. The molecule has 2 amide bonds. The molecule has 2 rings (SSSR count). The van der Waals surface area contributed by atoms with Gasteiger partial charge in [0.2, 0.25) is 11.8 Å². The van der Waals surface area contributed by atoms with E-state index in [0.717, 1.165) is 11.1 Å². The van der Waals surface area contributed by atoms with E-state index in [9.17, 15) is 9.59 Å². The van der Waals surface area contributed by atoms with E-state index < -0.39 is 0 Å². The summed E-state index contributed by atoms with van der Waals surface area (Å²) in [5.74, 6) is 0.0329. The molecule has 1 aromatic rings. The summed E-state index contributed by atoms with van der Waals surface area (Å²) in [6, 6.07) is 7.99. The molecule has 0 aromatic heterocycles. The molecule has 4 nitrogen and oxygen atoms in total. The Balaban J connectivity index is 2.32. The van der Waals surface area contributed by atoms with Crippen LogP contribution in [0.4, 0.5) is 0 Å². The molecular weight excluding hydrogens is 288 g/mol. The van der Waals surface area contributed by atoms with Crippen LogP contribution < -0.4 is 0 Å². The molecule has 1 aromatic carbocycles. The van der Waals surface area contributed by atoms with Gasteiger partial charge in [-0.15, -0.1) is 0 Å². The van der Waals surface area contributed by atoms with E-state index >= 15 is 0 Å². The summed E-state index contributed by atoms with van der Waals surface area (Å²) in [7, 11) is 0. The Morgan fingerprint density at radius 1 is 1.13 bits per heavy atom. The fourth-order valence-corrected chi connectivity index (χ4v) is 3.36. The molecule has 0 saturated heterocycles. The number of carbonyl (C=O) groups is 2. The largest absolute Gasteiger partial charge is 0.338 e. The number of benzene rings is 1. The highest BCUT2D eigenvalue weighted by molar-refractivity contribution is 5.82. The second-order valence-electron chi connectivity index (χ2n) is 6.58. The Hall–Kier alpha value is -2.10. The minimum absolute atomic E-state index is 0.0470. The van der Waals surface area contributed by atoms with Crippen molar-refractivity contribution in [2.45, 2.75) is 59.2 Å². The minimum Gasteiger partial charge on any atom is -0.338 e. The molecule has 0 spiro atoms. The molecule has 0 aliphatic carbocycles. The number of carbonyl (C=O) groups excluding carboxylic acids is 2. The van der Waals surface area contributed by atoms with E-state index in [-0.39, 0.29) is 29.9 Å². The van der Waals surface area contributed by atoms with Gasteiger partial charge in [0, 0.05) is 25.2 Å². The third-order valence-corrected chi connectivity index (χ3v) is 4.24. The molecule has 1 aliphatic heterocycles. The van der Waals surface area contributed by atoms with Crippen LogP contribution in [0.15, 0.2) is 30.5 Å². The Kier molecular flexibility index (Phi) is 5.24. The molecule has 0 fully saturated rings. The molecule has 0 N–H and O–H groups in total. The van der Waals surface area contributed by atoms with Crippen molar-refractivity contribution in [3.8, 4) is 0 Å². The molecule has 4 heteroatoms. The Morgan fingerprint density at radius 2 is 1.74 bits per heavy atom. The predicted octanol–water partition coefficient (Wildman–Crippen LogP) is 3.60. The normalized spacial score (nSPS) is 16.7. The molecule has 1 aliphatic rings. The summed E-state index contributed by atoms with van der Waals surface area (Å²) in [6.45, 7) is 9.63. The van der Waals surface area contributed by atoms with Gasteiger partial charge in [-0.25, -0.2) is 0 Å². The average Bonchev–Trinajstić information content (AvgIpc) is 2.46. The van der Waals surface area contributed by atoms with Gasteiger partial charge in [-0.3, -0.25) is 9.59 Å². The first-order valence-corrected chi connectivity index (χ1v) is 8.20. The van der Waals surface area contributed by atoms with Gasteiger partial charge >= 0.3 is 0 Å². The zero-order valence-corrected chi connectivity index (χ0v) is 14.6. The number of hydrogen-bond acceptors (Lipinski definition) is 2. The van der Waals surface area contributed by atoms with Crippen molar-refractivity contribution in [3.63, 3.8) is 0 Å². The first-order chi connectivity index (χ1) is 10.8. The lowest BCUT2D eigenvalue weighted by atomic mass is 9.93. The summed E-state index contributed by atoms with van der Waals surface area (Å²) >= 11 is 0. The van der Waals surface area contributed by atoms with E-state index in [1.54, 1.807) is 18.0 Å². The zero-order chi connectivity index (χ0) is 17.1. The van der Waals surface area contributed by atoms with E-state index in [1.807, 2.05) is 62.9 Å². The molecule has 23 heavy (non-hydrogen) atoms. The Labute approximate surface area is 138 Å². The highest BCUT2D eigenvalue weighted by atomic mass is 16.2. The van der Waals surface area contributed by atoms with E-state index in [4.69, 9.17) is 0 Å². The monoisotopic (exact) mass is 314 g/mol. The zero-order valence-electron chi connectivity index (χ0n) is 14.6. The summed E-state index contributed by atoms with van der Waals surface area (Å²) in [5, 5.41) is 0. The van der Waals surface area contributed by atoms with Crippen LogP contribution >= 0.6 is 0 Å². The van der Waals surface area contributed by atoms with Gasteiger partial charge in [-0.1, -0.05) is 24.3 Å². The highest BCUT2D eigenvalue weighted by Gasteiger charge is 2.31. The predicted molar refractivity (Wildman–Crippen MR) is 92.5 cm³/mol. The van der Waals surface area contributed by atoms with Crippen molar-refractivity contribution < 1.29 is 9.59 Å². The number of nitrogens with zero attached hydrogens (tertiary/aromatic N) is 2. The number of amides is 2. The summed E-state index contributed by atoms with van der Waals surface area (Å²) in [4.78, 5) is 28.4. The lowest BCUT2D eigenvalue weighted by molar-refractivity contribution is -0.137. The van der Waals surface area contributed by atoms with Crippen LogP contribution in [0.5, 0.6) is 0 Å². The van der Waals surface area contributed by atoms with Crippen LogP contribution in [0, 0.1) is 0 Å². The fraction of sp³-hybridized carbons (Fsp3) is 0.474. The van der Waals surface area contributed by atoms with Crippen LogP contribution in [0.1, 0.15) is 58.2 Å². The van der Waals surface area contributed by atoms with Gasteiger partial charge in [-0.2, -0.15) is 0 Å². The highest BCUT2D eigenvalue weighted by Crippen LogP contribution is 2.33. The van der Waals surface area contributed by atoms with Crippen LogP contribution in [0.2, 0.25) is 0 Å². The second kappa shape index (κ2) is 6.99. The van der Waals surface area contributed by atoms with Crippen LogP contribution in [0.25, 0.3) is 6.08 Å². The maximum atomic E-state index is 12.8. The lowest BCUT2D eigenvalue weighted by Gasteiger charge is -2.36. The van der Waals surface area contributed by atoms with Crippen molar-refractivity contribution >= 4 is 17.9 Å². The summed E-state index contributed by atoms with van der Waals surface area (Å²) in [5.41, 5.74) is 2.11. The second-order valence-corrected chi connectivity index (χ2v) is 6.58. The third-order valence-electron chi connectivity index (χ3n) is 4.24. The number of fused-ring (bicyclic) bond motifs is 1. The maximum Gasteiger partial charge on any atom is 0.225 e. The third kappa shape index (κ3) is 3.63. The van der Waals surface area contributed by atoms with Gasteiger partial charge in [0.25, 0.3) is 0 Å². The van der Waals surface area contributed by atoms with Crippen LogP contribution in [0.3, 0.4) is 0 Å². The van der Waals surface area contributed by atoms with Gasteiger partial charge in [0.15, 0.2) is 0 Å². The lowest BCUT2D eigenvalue weighted by Crippen LogP contribution is -2.44. The van der Waals surface area contributed by atoms with Gasteiger partial charge in [0.05, 0.1) is 12.5 Å². The van der Waals surface area contributed by atoms with E-state index in [2.05, 4.69) is 0 Å². The molecule has 1 heterocycles. The first kappa shape index (κ1) is 17.3. The van der Waals surface area contributed by atoms with Gasteiger partial charge in [0.1, 0.15) is 0 Å². The van der Waals surface area contributed by atoms with Crippen molar-refractivity contribution in [1.82, 2.24) is 9.80 Å². The molecular formula is C19H26N2O2. The summed E-state index contributed by atoms with van der Waals surface area (Å²) < 4.78 is 0. The fourth-order valence-electron chi connectivity index (χ4n) is 3.36. The molecule has 1 atom stereocenters. The van der Waals surface area contributed by atoms with Gasteiger partial charge in [-0.05, 0) is 44.9 Å². The maximum absolute atomic E-state index is 12.8. The van der Waals surface area contributed by atoms with Crippen molar-refractivity contribution in [3.05, 3.63) is 41.6 Å². The number of hydrogen-bond donors (Lipinski definition) is 0. The number of rotatable bonds is 4.